The molecule has 1 atom stereocenters. The van der Waals surface area contributed by atoms with Crippen LogP contribution in [0.3, 0.4) is 0 Å². The van der Waals surface area contributed by atoms with E-state index in [0.29, 0.717) is 49.8 Å². The number of hydrogen-bond acceptors (Lipinski definition) is 5. The molecule has 2 aliphatic heterocycles. The third-order valence-electron chi connectivity index (χ3n) is 6.09. The molecule has 1 amide bonds. The number of nitrogens with one attached hydrogen (secondary N) is 1. The molecule has 0 bridgehead atoms. The van der Waals surface area contributed by atoms with Crippen LogP contribution in [0.4, 0.5) is 0 Å². The molecule has 1 saturated heterocycles. The molecule has 1 aromatic rings. The normalized spacial score (nSPS) is 24.1. The van der Waals surface area contributed by atoms with Gasteiger partial charge >= 0.3 is 0 Å². The van der Waals surface area contributed by atoms with E-state index in [1.165, 1.54) is 0 Å². The summed E-state index contributed by atoms with van der Waals surface area (Å²) in [5.74, 6) is 0.992. The van der Waals surface area contributed by atoms with Gasteiger partial charge in [-0.25, -0.2) is 0 Å². The molecular formula is C19H26N4O3S. The molecule has 3 N–H and O–H groups in total. The quantitative estimate of drug-likeness (QED) is 0.801. The molecule has 8 heteroatoms. The predicted molar refractivity (Wildman–Crippen MR) is 103 cm³/mol. The summed E-state index contributed by atoms with van der Waals surface area (Å²) in [5.41, 5.74) is 6.25. The minimum Gasteiger partial charge on any atom is -0.355 e. The lowest BCUT2D eigenvalue weighted by molar-refractivity contribution is -0.128. The fourth-order valence-corrected chi connectivity index (χ4v) is 5.32. The van der Waals surface area contributed by atoms with Crippen LogP contribution in [0, 0.1) is 11.8 Å². The standard InChI is InChI=1S/C19H26N4O3S/c1-19(12-20,14-6-7-14)21-18(24)13-8-10-23(11-9-13)17-15-4-2-3-5-16(15)27(25,26)22-17/h2-5,13-14H,6-12,20H2,1H3,(H,21,24). The van der Waals surface area contributed by atoms with Crippen LogP contribution in [-0.2, 0) is 14.8 Å². The molecule has 2 fully saturated rings. The average Bonchev–Trinajstić information content (AvgIpc) is 3.48. The van der Waals surface area contributed by atoms with E-state index in [0.717, 1.165) is 12.8 Å². The molecule has 0 spiro atoms. The Morgan fingerprint density at radius 3 is 2.56 bits per heavy atom. The maximum atomic E-state index is 12.7. The van der Waals surface area contributed by atoms with Crippen LogP contribution < -0.4 is 11.1 Å². The van der Waals surface area contributed by atoms with Gasteiger partial charge in [0.2, 0.25) is 5.91 Å². The van der Waals surface area contributed by atoms with Crippen LogP contribution in [-0.4, -0.2) is 50.2 Å². The molecule has 1 saturated carbocycles. The summed E-state index contributed by atoms with van der Waals surface area (Å²) in [6.45, 7) is 3.72. The Bertz CT molecular complexity index is 886. The number of carbonyl (C=O) groups is 1. The van der Waals surface area contributed by atoms with Crippen molar-refractivity contribution >= 4 is 21.8 Å². The summed E-state index contributed by atoms with van der Waals surface area (Å²) < 4.78 is 28.5. The highest BCUT2D eigenvalue weighted by molar-refractivity contribution is 7.90. The van der Waals surface area contributed by atoms with Gasteiger partial charge in [-0.2, -0.15) is 8.42 Å². The molecule has 7 nitrogen and oxygen atoms in total. The van der Waals surface area contributed by atoms with E-state index in [2.05, 4.69) is 9.71 Å². The van der Waals surface area contributed by atoms with Crippen LogP contribution in [0.5, 0.6) is 0 Å². The van der Waals surface area contributed by atoms with Gasteiger partial charge < -0.3 is 16.0 Å². The van der Waals surface area contributed by atoms with Gasteiger partial charge in [-0.15, -0.1) is 4.40 Å². The number of nitrogens with two attached hydrogens (primary N) is 1. The topological polar surface area (TPSA) is 105 Å². The molecule has 0 aromatic heterocycles. The lowest BCUT2D eigenvalue weighted by atomic mass is 9.91. The lowest BCUT2D eigenvalue weighted by Gasteiger charge is -2.36. The maximum absolute atomic E-state index is 12.7. The van der Waals surface area contributed by atoms with Crippen LogP contribution in [0.1, 0.15) is 38.2 Å². The zero-order valence-electron chi connectivity index (χ0n) is 15.5. The fourth-order valence-electron chi connectivity index (χ4n) is 4.09. The van der Waals surface area contributed by atoms with E-state index in [1.807, 2.05) is 17.9 Å². The van der Waals surface area contributed by atoms with Gasteiger partial charge in [-0.1, -0.05) is 12.1 Å². The second-order valence-electron chi connectivity index (χ2n) is 8.03. The number of amidine groups is 1. The summed E-state index contributed by atoms with van der Waals surface area (Å²) in [6.07, 6.45) is 3.61. The molecule has 146 valence electrons. The molecule has 1 unspecified atom stereocenters. The van der Waals surface area contributed by atoms with E-state index in [4.69, 9.17) is 5.73 Å². The Morgan fingerprint density at radius 2 is 1.93 bits per heavy atom. The van der Waals surface area contributed by atoms with E-state index in [1.54, 1.807) is 18.2 Å². The van der Waals surface area contributed by atoms with Gasteiger partial charge in [0.05, 0.1) is 5.54 Å². The summed E-state index contributed by atoms with van der Waals surface area (Å²) in [7, 11) is -3.61. The molecule has 1 aliphatic carbocycles. The van der Waals surface area contributed by atoms with E-state index in [9.17, 15) is 13.2 Å². The molecule has 4 rings (SSSR count). The SMILES string of the molecule is CC(CN)(NC(=O)C1CCN(C2=NS(=O)(=O)c3ccccc32)CC1)C1CC1. The Balaban J connectivity index is 1.42. The maximum Gasteiger partial charge on any atom is 0.285 e. The van der Waals surface area contributed by atoms with Gasteiger partial charge in [0.25, 0.3) is 10.0 Å². The van der Waals surface area contributed by atoms with Crippen LogP contribution in [0.25, 0.3) is 0 Å². The number of sulfonamides is 1. The zero-order chi connectivity index (χ0) is 19.2. The van der Waals surface area contributed by atoms with Crippen LogP contribution in [0.15, 0.2) is 33.6 Å². The van der Waals surface area contributed by atoms with Gasteiger partial charge in [-0.05, 0) is 50.7 Å². The monoisotopic (exact) mass is 390 g/mol. The molecule has 1 aromatic carbocycles. The lowest BCUT2D eigenvalue weighted by Crippen LogP contribution is -2.55. The van der Waals surface area contributed by atoms with Gasteiger partial charge in [0.1, 0.15) is 4.90 Å². The Kier molecular flexibility index (Phi) is 4.50. The molecule has 27 heavy (non-hydrogen) atoms. The number of rotatable bonds is 4. The minimum absolute atomic E-state index is 0.0656. The molecule has 2 heterocycles. The number of likely N-dealkylation sites (tertiary alicyclic amines) is 1. The Morgan fingerprint density at radius 1 is 1.26 bits per heavy atom. The first-order chi connectivity index (χ1) is 12.8. The molecular weight excluding hydrogens is 364 g/mol. The second kappa shape index (κ2) is 6.60. The number of carbonyl (C=O) groups excluding carboxylic acids is 1. The number of fused-ring (bicyclic) bond motifs is 1. The third-order valence-corrected chi connectivity index (χ3v) is 7.41. The number of nitrogens with zero attached hydrogens (tertiary/aromatic N) is 2. The third kappa shape index (κ3) is 3.36. The van der Waals surface area contributed by atoms with Crippen molar-refractivity contribution in [2.75, 3.05) is 19.6 Å². The highest BCUT2D eigenvalue weighted by Gasteiger charge is 2.43. The van der Waals surface area contributed by atoms with Crippen molar-refractivity contribution in [3.05, 3.63) is 29.8 Å². The highest BCUT2D eigenvalue weighted by atomic mass is 32.2. The smallest absolute Gasteiger partial charge is 0.285 e. The highest BCUT2D eigenvalue weighted by Crippen LogP contribution is 2.39. The second-order valence-corrected chi connectivity index (χ2v) is 9.61. The van der Waals surface area contributed by atoms with Crippen molar-refractivity contribution in [1.82, 2.24) is 10.2 Å². The largest absolute Gasteiger partial charge is 0.355 e. The first kappa shape index (κ1) is 18.4. The van der Waals surface area contributed by atoms with Crippen LogP contribution in [0.2, 0.25) is 0 Å². The molecule has 0 radical (unpaired) electrons. The number of benzene rings is 1. The van der Waals surface area contributed by atoms with Crippen molar-refractivity contribution in [1.29, 1.82) is 0 Å². The van der Waals surface area contributed by atoms with Crippen molar-refractivity contribution in [2.45, 2.75) is 43.0 Å². The van der Waals surface area contributed by atoms with E-state index >= 15 is 0 Å². The summed E-state index contributed by atoms with van der Waals surface area (Å²) in [6, 6.07) is 6.91. The number of hydrogen-bond donors (Lipinski definition) is 2. The van der Waals surface area contributed by atoms with Crippen molar-refractivity contribution in [3.63, 3.8) is 0 Å². The van der Waals surface area contributed by atoms with Gasteiger partial charge in [0, 0.05) is 31.1 Å². The Labute approximate surface area is 160 Å². The first-order valence-corrected chi connectivity index (χ1v) is 11.0. The van der Waals surface area contributed by atoms with Crippen LogP contribution >= 0.6 is 0 Å². The zero-order valence-corrected chi connectivity index (χ0v) is 16.3. The average molecular weight is 391 g/mol. The van der Waals surface area contributed by atoms with Crippen molar-refractivity contribution in [3.8, 4) is 0 Å². The van der Waals surface area contributed by atoms with E-state index in [-0.39, 0.29) is 22.3 Å². The predicted octanol–water partition coefficient (Wildman–Crippen LogP) is 1.09. The summed E-state index contributed by atoms with van der Waals surface area (Å²) in [4.78, 5) is 15.0. The number of piperidine rings is 1. The number of amides is 1. The van der Waals surface area contributed by atoms with Crippen molar-refractivity contribution < 1.29 is 13.2 Å². The summed E-state index contributed by atoms with van der Waals surface area (Å²) in [5, 5.41) is 3.18. The first-order valence-electron chi connectivity index (χ1n) is 9.55. The fraction of sp³-hybridized carbons (Fsp3) is 0.579. The van der Waals surface area contributed by atoms with Crippen molar-refractivity contribution in [2.24, 2.45) is 22.0 Å². The summed E-state index contributed by atoms with van der Waals surface area (Å²) >= 11 is 0. The van der Waals surface area contributed by atoms with Gasteiger partial charge in [0.15, 0.2) is 5.84 Å². The van der Waals surface area contributed by atoms with E-state index < -0.39 is 10.0 Å². The molecule has 3 aliphatic rings. The minimum atomic E-state index is -3.61. The van der Waals surface area contributed by atoms with Gasteiger partial charge in [-0.3, -0.25) is 4.79 Å². The Hall–Kier alpha value is -1.93.